The zero-order chi connectivity index (χ0) is 14.4. The van der Waals surface area contributed by atoms with Gasteiger partial charge in [0.1, 0.15) is 5.82 Å². The number of halogens is 1. The summed E-state index contributed by atoms with van der Waals surface area (Å²) >= 11 is 0. The van der Waals surface area contributed by atoms with Crippen LogP contribution in [-0.4, -0.2) is 29.3 Å². The van der Waals surface area contributed by atoms with E-state index in [0.717, 1.165) is 5.56 Å². The minimum Gasteiger partial charge on any atom is -0.298 e. The molecular formula is C16H17FN2O. The fourth-order valence-electron chi connectivity index (χ4n) is 2.07. The van der Waals surface area contributed by atoms with Crippen molar-refractivity contribution in [1.29, 1.82) is 0 Å². The molecule has 1 aromatic carbocycles. The molecule has 0 spiro atoms. The van der Waals surface area contributed by atoms with Gasteiger partial charge < -0.3 is 0 Å². The summed E-state index contributed by atoms with van der Waals surface area (Å²) < 4.78 is 13.5. The predicted octanol–water partition coefficient (Wildman–Crippen LogP) is 2.46. The van der Waals surface area contributed by atoms with Crippen molar-refractivity contribution in [2.45, 2.75) is 13.0 Å². The number of hydrogen-bond donors (Lipinski definition) is 0. The van der Waals surface area contributed by atoms with E-state index >= 15 is 0 Å². The van der Waals surface area contributed by atoms with Gasteiger partial charge in [0.25, 0.3) is 0 Å². The van der Waals surface area contributed by atoms with E-state index in [1.807, 2.05) is 24.1 Å². The molecule has 1 heterocycles. The second-order valence-corrected chi connectivity index (χ2v) is 4.84. The van der Waals surface area contributed by atoms with Crippen LogP contribution in [0.3, 0.4) is 0 Å². The number of carbonyl (C=O) groups excluding carboxylic acids is 1. The number of ketones is 1. The quantitative estimate of drug-likeness (QED) is 0.810. The lowest BCUT2D eigenvalue weighted by molar-refractivity contribution is -0.119. The van der Waals surface area contributed by atoms with Crippen LogP contribution in [0.1, 0.15) is 11.1 Å². The van der Waals surface area contributed by atoms with Crippen LogP contribution in [0.5, 0.6) is 0 Å². The Balaban J connectivity index is 1.87. The van der Waals surface area contributed by atoms with E-state index in [0.29, 0.717) is 18.7 Å². The standard InChI is InChI=1S/C16H17FN2O/c1-19(11-13-5-4-8-18-10-13)12-15(20)9-14-6-2-3-7-16(14)17/h2-8,10H,9,11-12H2,1H3. The lowest BCUT2D eigenvalue weighted by Crippen LogP contribution is -2.26. The first-order valence-corrected chi connectivity index (χ1v) is 6.47. The third kappa shape index (κ3) is 4.24. The van der Waals surface area contributed by atoms with Gasteiger partial charge in [0.2, 0.25) is 0 Å². The fourth-order valence-corrected chi connectivity index (χ4v) is 2.07. The van der Waals surface area contributed by atoms with Crippen LogP contribution in [0.25, 0.3) is 0 Å². The summed E-state index contributed by atoms with van der Waals surface area (Å²) in [6, 6.07) is 10.2. The number of benzene rings is 1. The van der Waals surface area contributed by atoms with E-state index in [-0.39, 0.29) is 18.0 Å². The van der Waals surface area contributed by atoms with E-state index in [1.54, 1.807) is 30.6 Å². The van der Waals surface area contributed by atoms with E-state index in [1.165, 1.54) is 6.07 Å². The molecule has 4 heteroatoms. The fraction of sp³-hybridized carbons (Fsp3) is 0.250. The van der Waals surface area contributed by atoms with Crippen molar-refractivity contribution in [2.24, 2.45) is 0 Å². The lowest BCUT2D eigenvalue weighted by atomic mass is 10.1. The predicted molar refractivity (Wildman–Crippen MR) is 75.7 cm³/mol. The molecule has 0 aliphatic rings. The van der Waals surface area contributed by atoms with Crippen molar-refractivity contribution >= 4 is 5.78 Å². The van der Waals surface area contributed by atoms with Gasteiger partial charge in [0.05, 0.1) is 6.54 Å². The van der Waals surface area contributed by atoms with Gasteiger partial charge in [0, 0.05) is 25.4 Å². The number of aromatic nitrogens is 1. The van der Waals surface area contributed by atoms with Crippen molar-refractivity contribution in [3.05, 3.63) is 65.7 Å². The third-order valence-corrected chi connectivity index (χ3v) is 2.97. The van der Waals surface area contributed by atoms with E-state index in [9.17, 15) is 9.18 Å². The van der Waals surface area contributed by atoms with Crippen molar-refractivity contribution in [3.63, 3.8) is 0 Å². The minimum absolute atomic E-state index is 0.00138. The Bertz CT molecular complexity index is 572. The molecule has 0 aliphatic heterocycles. The van der Waals surface area contributed by atoms with Crippen molar-refractivity contribution in [1.82, 2.24) is 9.88 Å². The molecule has 0 fully saturated rings. The summed E-state index contributed by atoms with van der Waals surface area (Å²) in [5.74, 6) is -0.322. The van der Waals surface area contributed by atoms with Crippen LogP contribution in [0.4, 0.5) is 4.39 Å². The summed E-state index contributed by atoms with van der Waals surface area (Å²) in [4.78, 5) is 17.9. The van der Waals surface area contributed by atoms with Crippen LogP contribution < -0.4 is 0 Å². The average molecular weight is 272 g/mol. The Labute approximate surface area is 118 Å². The van der Waals surface area contributed by atoms with Crippen molar-refractivity contribution in [2.75, 3.05) is 13.6 Å². The maximum absolute atomic E-state index is 13.5. The number of carbonyl (C=O) groups is 1. The first kappa shape index (κ1) is 14.3. The van der Waals surface area contributed by atoms with Crippen molar-refractivity contribution in [3.8, 4) is 0 Å². The Hall–Kier alpha value is -2.07. The Morgan fingerprint density at radius 3 is 2.75 bits per heavy atom. The lowest BCUT2D eigenvalue weighted by Gasteiger charge is -2.15. The van der Waals surface area contributed by atoms with Gasteiger partial charge in [-0.2, -0.15) is 0 Å². The summed E-state index contributed by atoms with van der Waals surface area (Å²) in [6.07, 6.45) is 3.62. The van der Waals surface area contributed by atoms with E-state index < -0.39 is 0 Å². The SMILES string of the molecule is CN(CC(=O)Cc1ccccc1F)Cc1cccnc1. The number of Topliss-reactive ketones (excluding diaryl/α,β-unsaturated/α-hetero) is 1. The van der Waals surface area contributed by atoms with Gasteiger partial charge in [-0.1, -0.05) is 24.3 Å². The van der Waals surface area contributed by atoms with Crippen LogP contribution in [0.2, 0.25) is 0 Å². The topological polar surface area (TPSA) is 33.2 Å². The van der Waals surface area contributed by atoms with Crippen LogP contribution >= 0.6 is 0 Å². The maximum Gasteiger partial charge on any atom is 0.151 e. The maximum atomic E-state index is 13.5. The second-order valence-electron chi connectivity index (χ2n) is 4.84. The summed E-state index contributed by atoms with van der Waals surface area (Å²) in [6.45, 7) is 0.945. The van der Waals surface area contributed by atoms with Gasteiger partial charge in [-0.25, -0.2) is 4.39 Å². The molecule has 20 heavy (non-hydrogen) atoms. The Kier molecular flexibility index (Phi) is 4.96. The molecule has 0 saturated carbocycles. The molecule has 1 aromatic heterocycles. The molecule has 0 amide bonds. The van der Waals surface area contributed by atoms with Gasteiger partial charge in [0.15, 0.2) is 5.78 Å². The molecule has 0 radical (unpaired) electrons. The zero-order valence-corrected chi connectivity index (χ0v) is 11.4. The molecule has 104 valence electrons. The molecule has 0 unspecified atom stereocenters. The second kappa shape index (κ2) is 6.91. The van der Waals surface area contributed by atoms with E-state index in [2.05, 4.69) is 4.98 Å². The molecule has 3 nitrogen and oxygen atoms in total. The van der Waals surface area contributed by atoms with Crippen molar-refractivity contribution < 1.29 is 9.18 Å². The van der Waals surface area contributed by atoms with Crippen LogP contribution in [0.15, 0.2) is 48.8 Å². The highest BCUT2D eigenvalue weighted by atomic mass is 19.1. The smallest absolute Gasteiger partial charge is 0.151 e. The zero-order valence-electron chi connectivity index (χ0n) is 11.4. The first-order valence-electron chi connectivity index (χ1n) is 6.47. The van der Waals surface area contributed by atoms with Crippen LogP contribution in [0, 0.1) is 5.82 Å². The largest absolute Gasteiger partial charge is 0.298 e. The summed E-state index contributed by atoms with van der Waals surface area (Å²) in [7, 11) is 1.87. The molecule has 0 atom stereocenters. The molecule has 0 aliphatic carbocycles. The molecule has 2 rings (SSSR count). The Morgan fingerprint density at radius 2 is 2.05 bits per heavy atom. The first-order chi connectivity index (χ1) is 9.65. The summed E-state index contributed by atoms with van der Waals surface area (Å²) in [5.41, 5.74) is 1.50. The summed E-state index contributed by atoms with van der Waals surface area (Å²) in [5, 5.41) is 0. The molecule has 0 bridgehead atoms. The number of hydrogen-bond acceptors (Lipinski definition) is 3. The highest BCUT2D eigenvalue weighted by Gasteiger charge is 2.10. The number of nitrogens with zero attached hydrogens (tertiary/aromatic N) is 2. The Morgan fingerprint density at radius 1 is 1.25 bits per heavy atom. The van der Waals surface area contributed by atoms with Gasteiger partial charge >= 0.3 is 0 Å². The minimum atomic E-state index is -0.323. The molecule has 2 aromatic rings. The number of rotatable bonds is 6. The highest BCUT2D eigenvalue weighted by molar-refractivity contribution is 5.82. The van der Waals surface area contributed by atoms with E-state index in [4.69, 9.17) is 0 Å². The molecular weight excluding hydrogens is 255 g/mol. The van der Waals surface area contributed by atoms with Crippen LogP contribution in [-0.2, 0) is 17.8 Å². The average Bonchev–Trinajstić information content (AvgIpc) is 2.42. The number of likely N-dealkylation sites (N-methyl/N-ethyl adjacent to an activating group) is 1. The van der Waals surface area contributed by atoms with Gasteiger partial charge in [-0.15, -0.1) is 0 Å². The normalized spacial score (nSPS) is 10.8. The third-order valence-electron chi connectivity index (χ3n) is 2.97. The van der Waals surface area contributed by atoms with Gasteiger partial charge in [-0.3, -0.25) is 14.7 Å². The molecule has 0 N–H and O–H groups in total. The monoisotopic (exact) mass is 272 g/mol. The highest BCUT2D eigenvalue weighted by Crippen LogP contribution is 2.08. The molecule has 0 saturated heterocycles. The van der Waals surface area contributed by atoms with Gasteiger partial charge in [-0.05, 0) is 30.3 Å². The number of pyridine rings is 1.